The highest BCUT2D eigenvalue weighted by atomic mass is 35.5. The highest BCUT2D eigenvalue weighted by molar-refractivity contribution is 6.30. The minimum atomic E-state index is -1.03. The van der Waals surface area contributed by atoms with Crippen molar-refractivity contribution in [1.82, 2.24) is 4.98 Å². The number of fused-ring (bicyclic) bond motifs is 1. The van der Waals surface area contributed by atoms with Gasteiger partial charge in [-0.15, -0.1) is 0 Å². The van der Waals surface area contributed by atoms with Gasteiger partial charge in [0, 0.05) is 18.4 Å². The second kappa shape index (κ2) is 5.57. The molecule has 0 saturated carbocycles. The fraction of sp³-hybridized carbons (Fsp3) is 0.250. The maximum Gasteiger partial charge on any atom is 0.354 e. The third-order valence-electron chi connectivity index (χ3n) is 4.02. The van der Waals surface area contributed by atoms with Crippen LogP contribution >= 0.6 is 11.6 Å². The summed E-state index contributed by atoms with van der Waals surface area (Å²) in [6.07, 6.45) is 2.29. The average molecular weight is 321 g/mol. The van der Waals surface area contributed by atoms with Crippen LogP contribution in [0.15, 0.2) is 30.5 Å². The highest BCUT2D eigenvalue weighted by Gasteiger charge is 2.26. The largest absolute Gasteiger partial charge is 0.477 e. The molecular formula is C16H14ClFN2O2. The molecule has 0 amide bonds. The van der Waals surface area contributed by atoms with Crippen molar-refractivity contribution in [3.05, 3.63) is 58.1 Å². The second-order valence-electron chi connectivity index (χ2n) is 5.29. The van der Waals surface area contributed by atoms with Crippen molar-refractivity contribution in [3.63, 3.8) is 0 Å². The number of rotatable bonds is 2. The Bertz CT molecular complexity index is 751. The lowest BCUT2D eigenvalue weighted by Gasteiger charge is -2.37. The molecular weight excluding hydrogens is 307 g/mol. The number of carbonyl (C=O) groups is 1. The van der Waals surface area contributed by atoms with Crippen LogP contribution in [0.4, 0.5) is 10.1 Å². The van der Waals surface area contributed by atoms with E-state index in [4.69, 9.17) is 16.7 Å². The Morgan fingerprint density at radius 1 is 1.45 bits per heavy atom. The summed E-state index contributed by atoms with van der Waals surface area (Å²) >= 11 is 5.72. The fourth-order valence-corrected chi connectivity index (χ4v) is 2.95. The Balaban J connectivity index is 1.95. The van der Waals surface area contributed by atoms with Gasteiger partial charge in [-0.25, -0.2) is 14.2 Å². The summed E-state index contributed by atoms with van der Waals surface area (Å²) < 4.78 is 13.7. The average Bonchev–Trinajstić information content (AvgIpc) is 2.50. The van der Waals surface area contributed by atoms with Gasteiger partial charge in [-0.2, -0.15) is 0 Å². The van der Waals surface area contributed by atoms with E-state index >= 15 is 0 Å². The number of nitrogens with zero attached hydrogens (tertiary/aromatic N) is 2. The van der Waals surface area contributed by atoms with E-state index in [0.717, 1.165) is 16.8 Å². The smallest absolute Gasteiger partial charge is 0.354 e. The molecule has 2 heterocycles. The number of halogens is 2. The second-order valence-corrected chi connectivity index (χ2v) is 5.70. The van der Waals surface area contributed by atoms with Gasteiger partial charge < -0.3 is 10.0 Å². The Labute approximate surface area is 132 Å². The predicted octanol–water partition coefficient (Wildman–Crippen LogP) is 3.70. The number of aromatic nitrogens is 1. The topological polar surface area (TPSA) is 53.4 Å². The predicted molar refractivity (Wildman–Crippen MR) is 82.1 cm³/mol. The maximum absolute atomic E-state index is 13.7. The molecule has 22 heavy (non-hydrogen) atoms. The van der Waals surface area contributed by atoms with Crippen LogP contribution in [0.1, 0.15) is 34.6 Å². The van der Waals surface area contributed by atoms with Crippen LogP contribution in [0, 0.1) is 5.82 Å². The van der Waals surface area contributed by atoms with Gasteiger partial charge in [0.05, 0.1) is 11.1 Å². The molecule has 1 atom stereocenters. The van der Waals surface area contributed by atoms with Crippen molar-refractivity contribution in [3.8, 4) is 0 Å². The number of hydrogen-bond donors (Lipinski definition) is 1. The van der Waals surface area contributed by atoms with Crippen LogP contribution in [0.3, 0.4) is 0 Å². The SMILES string of the molecule is CC1c2cnc(C(=O)O)cc2CCN1c1ccc(Cl)c(F)c1. The molecule has 0 aliphatic carbocycles. The lowest BCUT2D eigenvalue weighted by molar-refractivity contribution is 0.0690. The molecule has 114 valence electrons. The van der Waals surface area contributed by atoms with Crippen LogP contribution < -0.4 is 4.90 Å². The van der Waals surface area contributed by atoms with Gasteiger partial charge in [0.15, 0.2) is 0 Å². The normalized spacial score (nSPS) is 17.2. The van der Waals surface area contributed by atoms with Crippen LogP contribution in [0.5, 0.6) is 0 Å². The number of pyridine rings is 1. The first-order valence-corrected chi connectivity index (χ1v) is 7.29. The van der Waals surface area contributed by atoms with E-state index in [1.54, 1.807) is 24.4 Å². The maximum atomic E-state index is 13.7. The minimum Gasteiger partial charge on any atom is -0.477 e. The number of aromatic carboxylic acids is 1. The molecule has 1 N–H and O–H groups in total. The summed E-state index contributed by atoms with van der Waals surface area (Å²) in [4.78, 5) is 17.0. The third-order valence-corrected chi connectivity index (χ3v) is 4.32. The summed E-state index contributed by atoms with van der Waals surface area (Å²) in [7, 11) is 0. The van der Waals surface area contributed by atoms with Gasteiger partial charge in [0.1, 0.15) is 11.5 Å². The monoisotopic (exact) mass is 320 g/mol. The van der Waals surface area contributed by atoms with Gasteiger partial charge in [0.25, 0.3) is 0 Å². The molecule has 0 bridgehead atoms. The first kappa shape index (κ1) is 14.8. The van der Waals surface area contributed by atoms with E-state index in [2.05, 4.69) is 9.88 Å². The number of carboxylic acids is 1. The van der Waals surface area contributed by atoms with Crippen LogP contribution in [-0.4, -0.2) is 22.6 Å². The molecule has 1 aliphatic rings. The molecule has 0 radical (unpaired) electrons. The fourth-order valence-electron chi connectivity index (χ4n) is 2.84. The van der Waals surface area contributed by atoms with E-state index in [-0.39, 0.29) is 16.8 Å². The summed E-state index contributed by atoms with van der Waals surface area (Å²) in [6, 6.07) is 6.35. The zero-order chi connectivity index (χ0) is 15.9. The molecule has 0 saturated heterocycles. The molecule has 6 heteroatoms. The molecule has 1 aromatic heterocycles. The molecule has 3 rings (SSSR count). The first-order valence-electron chi connectivity index (χ1n) is 6.91. The van der Waals surface area contributed by atoms with Crippen LogP contribution in [0.2, 0.25) is 5.02 Å². The van der Waals surface area contributed by atoms with Gasteiger partial charge in [0.2, 0.25) is 0 Å². The van der Waals surface area contributed by atoms with E-state index in [0.29, 0.717) is 13.0 Å². The standard InChI is InChI=1S/C16H14ClFN2O2/c1-9-12-8-19-15(16(21)22)6-10(12)4-5-20(9)11-2-3-13(17)14(18)7-11/h2-3,6-9H,4-5H2,1H3,(H,21,22). The van der Waals surface area contributed by atoms with E-state index in [1.807, 2.05) is 6.92 Å². The molecule has 0 spiro atoms. The van der Waals surface area contributed by atoms with Crippen molar-refractivity contribution in [1.29, 1.82) is 0 Å². The molecule has 4 nitrogen and oxygen atoms in total. The molecule has 1 aromatic carbocycles. The van der Waals surface area contributed by atoms with E-state index in [9.17, 15) is 9.18 Å². The number of hydrogen-bond acceptors (Lipinski definition) is 3. The van der Waals surface area contributed by atoms with Gasteiger partial charge in [-0.3, -0.25) is 0 Å². The summed E-state index contributed by atoms with van der Waals surface area (Å²) in [5.74, 6) is -1.48. The van der Waals surface area contributed by atoms with Crippen LogP contribution in [-0.2, 0) is 6.42 Å². The number of benzene rings is 1. The van der Waals surface area contributed by atoms with Crippen molar-refractivity contribution in [2.24, 2.45) is 0 Å². The zero-order valence-electron chi connectivity index (χ0n) is 11.9. The summed E-state index contributed by atoms with van der Waals surface area (Å²) in [6.45, 7) is 2.67. The molecule has 1 aliphatic heterocycles. The Morgan fingerprint density at radius 2 is 2.23 bits per heavy atom. The minimum absolute atomic E-state index is 0.0142. The number of anilines is 1. The van der Waals surface area contributed by atoms with Crippen LogP contribution in [0.25, 0.3) is 0 Å². The highest BCUT2D eigenvalue weighted by Crippen LogP contribution is 2.34. The lowest BCUT2D eigenvalue weighted by atomic mass is 9.94. The van der Waals surface area contributed by atoms with E-state index < -0.39 is 11.8 Å². The van der Waals surface area contributed by atoms with Gasteiger partial charge in [-0.1, -0.05) is 11.6 Å². The quantitative estimate of drug-likeness (QED) is 0.916. The lowest BCUT2D eigenvalue weighted by Crippen LogP contribution is -2.34. The molecule has 2 aromatic rings. The summed E-state index contributed by atoms with van der Waals surface area (Å²) in [5.41, 5.74) is 2.75. The first-order chi connectivity index (χ1) is 10.5. The van der Waals surface area contributed by atoms with Crippen molar-refractivity contribution in [2.75, 3.05) is 11.4 Å². The Morgan fingerprint density at radius 3 is 2.91 bits per heavy atom. The van der Waals surface area contributed by atoms with Crippen molar-refractivity contribution >= 4 is 23.3 Å². The Kier molecular flexibility index (Phi) is 3.74. The Hall–Kier alpha value is -2.14. The zero-order valence-corrected chi connectivity index (χ0v) is 12.6. The van der Waals surface area contributed by atoms with Crippen molar-refractivity contribution in [2.45, 2.75) is 19.4 Å². The molecule has 0 fully saturated rings. The van der Waals surface area contributed by atoms with E-state index in [1.165, 1.54) is 6.07 Å². The number of carboxylic acid groups (broad SMARTS) is 1. The summed E-state index contributed by atoms with van der Waals surface area (Å²) in [5, 5.41) is 9.11. The third kappa shape index (κ3) is 2.52. The molecule has 1 unspecified atom stereocenters. The van der Waals surface area contributed by atoms with Gasteiger partial charge >= 0.3 is 5.97 Å². The van der Waals surface area contributed by atoms with Gasteiger partial charge in [-0.05, 0) is 48.7 Å². The van der Waals surface area contributed by atoms with Crippen molar-refractivity contribution < 1.29 is 14.3 Å².